The number of aryl methyl sites for hydroxylation is 2. The Hall–Kier alpha value is -2.24. The first-order chi connectivity index (χ1) is 9.52. The number of benzene rings is 1. The van der Waals surface area contributed by atoms with Crippen LogP contribution in [0.1, 0.15) is 28.5 Å². The lowest BCUT2D eigenvalue weighted by atomic mass is 10.1. The molecule has 6 heteroatoms. The molecule has 2 aromatic rings. The van der Waals surface area contributed by atoms with E-state index in [2.05, 4.69) is 10.4 Å². The van der Waals surface area contributed by atoms with Crippen LogP contribution in [0, 0.1) is 18.6 Å². The Kier molecular flexibility index (Phi) is 4.12. The topological polar surface area (TPSA) is 46.9 Å². The van der Waals surface area contributed by atoms with Crippen molar-refractivity contribution in [3.05, 3.63) is 52.9 Å². The quantitative estimate of drug-likeness (QED) is 0.934. The minimum Gasteiger partial charge on any atom is -0.348 e. The van der Waals surface area contributed by atoms with E-state index in [-0.39, 0.29) is 6.54 Å². The third-order valence-corrected chi connectivity index (χ3v) is 3.00. The minimum absolute atomic E-state index is 0.179. The Labute approximate surface area is 115 Å². The molecule has 2 rings (SSSR count). The lowest BCUT2D eigenvalue weighted by molar-refractivity contribution is 0.0942. The fourth-order valence-electron chi connectivity index (χ4n) is 1.87. The average molecular weight is 279 g/mol. The second-order valence-corrected chi connectivity index (χ2v) is 4.37. The summed E-state index contributed by atoms with van der Waals surface area (Å²) in [4.78, 5) is 11.8. The van der Waals surface area contributed by atoms with Crippen molar-refractivity contribution < 1.29 is 13.6 Å². The van der Waals surface area contributed by atoms with E-state index in [4.69, 9.17) is 0 Å². The third kappa shape index (κ3) is 2.84. The summed E-state index contributed by atoms with van der Waals surface area (Å²) in [7, 11) is 0. The van der Waals surface area contributed by atoms with Gasteiger partial charge in [0.05, 0.1) is 5.69 Å². The Bertz CT molecular complexity index is 617. The van der Waals surface area contributed by atoms with Crippen LogP contribution < -0.4 is 5.32 Å². The SMILES string of the molecule is CCn1cc(CNC(=O)c2c(F)cccc2F)c(C)n1. The van der Waals surface area contributed by atoms with Crippen LogP contribution in [-0.4, -0.2) is 15.7 Å². The highest BCUT2D eigenvalue weighted by Gasteiger charge is 2.17. The molecule has 0 aliphatic heterocycles. The van der Waals surface area contributed by atoms with Gasteiger partial charge in [-0.05, 0) is 26.0 Å². The number of aromatic nitrogens is 2. The van der Waals surface area contributed by atoms with Crippen LogP contribution in [0.5, 0.6) is 0 Å². The Morgan fingerprint density at radius 2 is 2.00 bits per heavy atom. The van der Waals surface area contributed by atoms with Gasteiger partial charge in [-0.15, -0.1) is 0 Å². The van der Waals surface area contributed by atoms with Crippen LogP contribution in [0.4, 0.5) is 8.78 Å². The Morgan fingerprint density at radius 1 is 1.35 bits per heavy atom. The van der Waals surface area contributed by atoms with E-state index in [1.54, 1.807) is 10.9 Å². The number of rotatable bonds is 4. The van der Waals surface area contributed by atoms with Crippen molar-refractivity contribution >= 4 is 5.91 Å². The Morgan fingerprint density at radius 3 is 2.55 bits per heavy atom. The molecule has 0 aliphatic rings. The fourth-order valence-corrected chi connectivity index (χ4v) is 1.87. The van der Waals surface area contributed by atoms with Gasteiger partial charge in [0, 0.05) is 24.8 Å². The number of halogens is 2. The number of amides is 1. The van der Waals surface area contributed by atoms with E-state index < -0.39 is 23.1 Å². The molecule has 1 aromatic carbocycles. The van der Waals surface area contributed by atoms with Crippen molar-refractivity contribution in [3.8, 4) is 0 Å². The van der Waals surface area contributed by atoms with Gasteiger partial charge in [0.15, 0.2) is 0 Å². The second kappa shape index (κ2) is 5.81. The van der Waals surface area contributed by atoms with Crippen LogP contribution in [0.2, 0.25) is 0 Å². The van der Waals surface area contributed by atoms with E-state index >= 15 is 0 Å². The number of nitrogens with zero attached hydrogens (tertiary/aromatic N) is 2. The smallest absolute Gasteiger partial charge is 0.257 e. The predicted octanol–water partition coefficient (Wildman–Crippen LogP) is 2.42. The molecule has 0 atom stereocenters. The number of carbonyl (C=O) groups is 1. The molecule has 1 heterocycles. The molecule has 0 fully saturated rings. The lowest BCUT2D eigenvalue weighted by Gasteiger charge is -2.06. The minimum atomic E-state index is -0.872. The van der Waals surface area contributed by atoms with E-state index in [1.807, 2.05) is 13.8 Å². The summed E-state index contributed by atoms with van der Waals surface area (Å²) in [5.74, 6) is -2.52. The first-order valence-corrected chi connectivity index (χ1v) is 6.28. The molecule has 0 spiro atoms. The third-order valence-electron chi connectivity index (χ3n) is 3.00. The highest BCUT2D eigenvalue weighted by atomic mass is 19.1. The maximum absolute atomic E-state index is 13.4. The molecule has 4 nitrogen and oxygen atoms in total. The summed E-state index contributed by atoms with van der Waals surface area (Å²) in [5.41, 5.74) is 1.03. The van der Waals surface area contributed by atoms with Crippen molar-refractivity contribution in [1.29, 1.82) is 0 Å². The summed E-state index contributed by atoms with van der Waals surface area (Å²) in [6.45, 7) is 4.66. The molecule has 0 saturated heterocycles. The molecule has 0 radical (unpaired) electrons. The molecular formula is C14H15F2N3O. The molecule has 1 amide bonds. The number of hydrogen-bond acceptors (Lipinski definition) is 2. The first kappa shape index (κ1) is 14.2. The normalized spacial score (nSPS) is 10.6. The van der Waals surface area contributed by atoms with Crippen LogP contribution in [0.15, 0.2) is 24.4 Å². The van der Waals surface area contributed by atoms with E-state index in [0.717, 1.165) is 29.9 Å². The van der Waals surface area contributed by atoms with Crippen molar-refractivity contribution in [3.63, 3.8) is 0 Å². The number of carbonyl (C=O) groups excluding carboxylic acids is 1. The van der Waals surface area contributed by atoms with Crippen LogP contribution >= 0.6 is 0 Å². The molecule has 0 saturated carbocycles. The van der Waals surface area contributed by atoms with Crippen LogP contribution in [-0.2, 0) is 13.1 Å². The molecule has 106 valence electrons. The van der Waals surface area contributed by atoms with Crippen molar-refractivity contribution in [2.45, 2.75) is 26.9 Å². The largest absolute Gasteiger partial charge is 0.348 e. The molecule has 0 unspecified atom stereocenters. The summed E-state index contributed by atoms with van der Waals surface area (Å²) in [6.07, 6.45) is 1.80. The van der Waals surface area contributed by atoms with E-state index in [0.29, 0.717) is 0 Å². The molecule has 0 aliphatic carbocycles. The molecule has 20 heavy (non-hydrogen) atoms. The molecule has 1 N–H and O–H groups in total. The fraction of sp³-hybridized carbons (Fsp3) is 0.286. The highest BCUT2D eigenvalue weighted by Crippen LogP contribution is 2.12. The summed E-state index contributed by atoms with van der Waals surface area (Å²) in [6, 6.07) is 3.33. The van der Waals surface area contributed by atoms with Crippen molar-refractivity contribution in [2.24, 2.45) is 0 Å². The molecule has 0 bridgehead atoms. The average Bonchev–Trinajstić information content (AvgIpc) is 2.77. The summed E-state index contributed by atoms with van der Waals surface area (Å²) >= 11 is 0. The van der Waals surface area contributed by atoms with Crippen molar-refractivity contribution in [1.82, 2.24) is 15.1 Å². The van der Waals surface area contributed by atoms with Crippen LogP contribution in [0.25, 0.3) is 0 Å². The van der Waals surface area contributed by atoms with E-state index in [9.17, 15) is 13.6 Å². The first-order valence-electron chi connectivity index (χ1n) is 6.28. The molecular weight excluding hydrogens is 264 g/mol. The maximum Gasteiger partial charge on any atom is 0.257 e. The zero-order valence-corrected chi connectivity index (χ0v) is 11.3. The van der Waals surface area contributed by atoms with Gasteiger partial charge < -0.3 is 5.32 Å². The molecule has 1 aromatic heterocycles. The zero-order valence-electron chi connectivity index (χ0n) is 11.3. The number of nitrogens with one attached hydrogen (secondary N) is 1. The van der Waals surface area contributed by atoms with Gasteiger partial charge in [-0.1, -0.05) is 6.07 Å². The van der Waals surface area contributed by atoms with Crippen LogP contribution in [0.3, 0.4) is 0 Å². The predicted molar refractivity (Wildman–Crippen MR) is 70.2 cm³/mol. The standard InChI is InChI=1S/C14H15F2N3O/c1-3-19-8-10(9(2)18-19)7-17-14(20)13-11(15)5-4-6-12(13)16/h4-6,8H,3,7H2,1-2H3,(H,17,20). The summed E-state index contributed by atoms with van der Waals surface area (Å²) in [5, 5.41) is 6.74. The van der Waals surface area contributed by atoms with Gasteiger partial charge in [0.2, 0.25) is 0 Å². The maximum atomic E-state index is 13.4. The Balaban J connectivity index is 2.10. The van der Waals surface area contributed by atoms with Gasteiger partial charge >= 0.3 is 0 Å². The zero-order chi connectivity index (χ0) is 14.7. The van der Waals surface area contributed by atoms with Gasteiger partial charge in [0.25, 0.3) is 5.91 Å². The van der Waals surface area contributed by atoms with E-state index in [1.165, 1.54) is 6.07 Å². The summed E-state index contributed by atoms with van der Waals surface area (Å²) < 4.78 is 28.6. The highest BCUT2D eigenvalue weighted by molar-refractivity contribution is 5.94. The van der Waals surface area contributed by atoms with Gasteiger partial charge in [0.1, 0.15) is 17.2 Å². The van der Waals surface area contributed by atoms with Crippen molar-refractivity contribution in [2.75, 3.05) is 0 Å². The number of hydrogen-bond donors (Lipinski definition) is 1. The monoisotopic (exact) mass is 279 g/mol. The second-order valence-electron chi connectivity index (χ2n) is 4.37. The lowest BCUT2D eigenvalue weighted by Crippen LogP contribution is -2.25. The van der Waals surface area contributed by atoms with Gasteiger partial charge in [-0.3, -0.25) is 9.48 Å². The van der Waals surface area contributed by atoms with Gasteiger partial charge in [-0.2, -0.15) is 5.10 Å². The van der Waals surface area contributed by atoms with Gasteiger partial charge in [-0.25, -0.2) is 8.78 Å².